The maximum atomic E-state index is 12.6. The molecule has 5 heterocycles. The molecule has 0 spiro atoms. The highest BCUT2D eigenvalue weighted by Crippen LogP contribution is 2.37. The molecule has 1 N–H and O–H groups in total. The summed E-state index contributed by atoms with van der Waals surface area (Å²) in [7, 11) is 0. The van der Waals surface area contributed by atoms with Gasteiger partial charge in [0.2, 0.25) is 5.91 Å². The van der Waals surface area contributed by atoms with Gasteiger partial charge in [0.05, 0.1) is 10.2 Å². The second-order valence-electron chi connectivity index (χ2n) is 7.17. The molecule has 0 aliphatic carbocycles. The van der Waals surface area contributed by atoms with Gasteiger partial charge in [0.25, 0.3) is 0 Å². The van der Waals surface area contributed by atoms with E-state index in [1.54, 1.807) is 36.3 Å². The van der Waals surface area contributed by atoms with Crippen LogP contribution in [0.15, 0.2) is 49.2 Å². The molecular weight excluding hydrogens is 384 g/mol. The Morgan fingerprint density at radius 3 is 2.83 bits per heavy atom. The molecule has 1 saturated heterocycles. The number of hydrogen-bond acceptors (Lipinski definition) is 7. The first-order chi connectivity index (χ1) is 14.3. The normalized spacial score (nSPS) is 15.1. The van der Waals surface area contributed by atoms with Crippen LogP contribution < -0.4 is 10.2 Å². The Labute approximate surface area is 171 Å². The molecule has 1 fully saturated rings. The Bertz CT molecular complexity index is 1150. The molecule has 1 aliphatic rings. The topological polar surface area (TPSA) is 83.9 Å². The van der Waals surface area contributed by atoms with Gasteiger partial charge in [0, 0.05) is 49.5 Å². The number of carbonyl (C=O) groups excluding carboxylic acids is 1. The largest absolute Gasteiger partial charge is 0.355 e. The number of amides is 1. The number of nitrogens with zero attached hydrogens (tertiary/aromatic N) is 5. The van der Waals surface area contributed by atoms with Gasteiger partial charge in [-0.1, -0.05) is 6.07 Å². The maximum absolute atomic E-state index is 12.6. The quantitative estimate of drug-likeness (QED) is 0.562. The fourth-order valence-electron chi connectivity index (χ4n) is 3.81. The van der Waals surface area contributed by atoms with E-state index in [9.17, 15) is 4.79 Å². The van der Waals surface area contributed by atoms with Crippen molar-refractivity contribution in [3.05, 3.63) is 54.7 Å². The van der Waals surface area contributed by atoms with Gasteiger partial charge in [-0.25, -0.2) is 15.0 Å². The van der Waals surface area contributed by atoms with Gasteiger partial charge in [-0.2, -0.15) is 0 Å². The van der Waals surface area contributed by atoms with E-state index < -0.39 is 0 Å². The Hall–Kier alpha value is -3.13. The molecule has 7 nitrogen and oxygen atoms in total. The molecule has 4 aromatic heterocycles. The van der Waals surface area contributed by atoms with Crippen LogP contribution in [-0.2, 0) is 11.3 Å². The second-order valence-corrected chi connectivity index (χ2v) is 8.17. The van der Waals surface area contributed by atoms with E-state index in [1.165, 1.54) is 0 Å². The average molecular weight is 404 g/mol. The number of fused-ring (bicyclic) bond motifs is 3. The number of carbonyl (C=O) groups is 1. The van der Waals surface area contributed by atoms with E-state index in [0.717, 1.165) is 57.7 Å². The monoisotopic (exact) mass is 404 g/mol. The number of hydrogen-bond donors (Lipinski definition) is 1. The van der Waals surface area contributed by atoms with Crippen LogP contribution in [0.25, 0.3) is 20.4 Å². The second kappa shape index (κ2) is 7.71. The van der Waals surface area contributed by atoms with Gasteiger partial charge in [-0.15, -0.1) is 11.3 Å². The lowest BCUT2D eigenvalue weighted by molar-refractivity contribution is -0.125. The molecule has 4 aromatic rings. The lowest BCUT2D eigenvalue weighted by Gasteiger charge is -2.32. The summed E-state index contributed by atoms with van der Waals surface area (Å²) in [6.07, 6.45) is 8.58. The molecule has 1 aliphatic heterocycles. The number of piperidine rings is 1. The van der Waals surface area contributed by atoms with Crippen LogP contribution in [0.1, 0.15) is 18.4 Å². The summed E-state index contributed by atoms with van der Waals surface area (Å²) in [6.45, 7) is 2.13. The molecule has 0 aromatic carbocycles. The molecule has 0 radical (unpaired) electrons. The number of pyridine rings is 2. The smallest absolute Gasteiger partial charge is 0.223 e. The van der Waals surface area contributed by atoms with Gasteiger partial charge < -0.3 is 10.2 Å². The van der Waals surface area contributed by atoms with E-state index in [2.05, 4.69) is 36.2 Å². The first-order valence-corrected chi connectivity index (χ1v) is 10.5. The summed E-state index contributed by atoms with van der Waals surface area (Å²) in [5.41, 5.74) is 1.97. The van der Waals surface area contributed by atoms with Crippen molar-refractivity contribution in [3.63, 3.8) is 0 Å². The number of anilines is 1. The summed E-state index contributed by atoms with van der Waals surface area (Å²) in [6, 6.07) is 7.84. The average Bonchev–Trinajstić information content (AvgIpc) is 3.17. The van der Waals surface area contributed by atoms with Crippen molar-refractivity contribution in [2.75, 3.05) is 18.0 Å². The predicted octanol–water partition coefficient (Wildman–Crippen LogP) is 3.17. The van der Waals surface area contributed by atoms with Gasteiger partial charge in [-0.05, 0) is 36.6 Å². The zero-order valence-corrected chi connectivity index (χ0v) is 16.6. The Morgan fingerprint density at radius 2 is 2.00 bits per heavy atom. The lowest BCUT2D eigenvalue weighted by Crippen LogP contribution is -2.40. The highest BCUT2D eigenvalue weighted by Gasteiger charge is 2.27. The molecule has 0 atom stereocenters. The van der Waals surface area contributed by atoms with E-state index in [1.807, 2.05) is 18.2 Å². The minimum absolute atomic E-state index is 0.0318. The summed E-state index contributed by atoms with van der Waals surface area (Å²) in [4.78, 5) is 33.4. The molecule has 1 amide bonds. The Kier molecular flexibility index (Phi) is 4.77. The van der Waals surface area contributed by atoms with Crippen LogP contribution in [0, 0.1) is 5.92 Å². The van der Waals surface area contributed by atoms with Gasteiger partial charge in [0.1, 0.15) is 17.0 Å². The predicted molar refractivity (Wildman–Crippen MR) is 114 cm³/mol. The highest BCUT2D eigenvalue weighted by atomic mass is 32.1. The number of thiophene rings is 1. The number of nitrogens with one attached hydrogen (secondary N) is 1. The van der Waals surface area contributed by atoms with Crippen LogP contribution in [0.5, 0.6) is 0 Å². The van der Waals surface area contributed by atoms with Crippen molar-refractivity contribution in [3.8, 4) is 0 Å². The summed E-state index contributed by atoms with van der Waals surface area (Å²) in [5.74, 6) is 1.10. The minimum atomic E-state index is 0.0318. The fourth-order valence-corrected chi connectivity index (χ4v) is 4.93. The van der Waals surface area contributed by atoms with Crippen LogP contribution in [-0.4, -0.2) is 38.9 Å². The van der Waals surface area contributed by atoms with Crippen LogP contribution in [0.2, 0.25) is 0 Å². The molecule has 5 rings (SSSR count). The van der Waals surface area contributed by atoms with Crippen LogP contribution in [0.3, 0.4) is 0 Å². The van der Waals surface area contributed by atoms with Crippen molar-refractivity contribution in [2.24, 2.45) is 5.92 Å². The van der Waals surface area contributed by atoms with Crippen LogP contribution in [0.4, 0.5) is 5.82 Å². The third-order valence-corrected chi connectivity index (χ3v) is 6.46. The van der Waals surface area contributed by atoms with Crippen molar-refractivity contribution in [2.45, 2.75) is 19.4 Å². The van der Waals surface area contributed by atoms with Gasteiger partial charge >= 0.3 is 0 Å². The minimum Gasteiger partial charge on any atom is -0.355 e. The zero-order valence-electron chi connectivity index (χ0n) is 15.8. The lowest BCUT2D eigenvalue weighted by atomic mass is 9.96. The molecule has 0 saturated carbocycles. The Morgan fingerprint density at radius 1 is 1.14 bits per heavy atom. The zero-order chi connectivity index (χ0) is 19.6. The molecule has 8 heteroatoms. The van der Waals surface area contributed by atoms with Crippen molar-refractivity contribution in [1.82, 2.24) is 25.3 Å². The fraction of sp³-hybridized carbons (Fsp3) is 0.286. The standard InChI is InChI=1S/C21H20N6OS/c28-20(24-12-14-3-1-7-22-11-14)15-5-9-27(10-6-15)19-18-17(25-13-26-19)16-4-2-8-23-21(16)29-18/h1-4,7-8,11,13,15H,5-6,9-10,12H2,(H,24,28). The van der Waals surface area contributed by atoms with E-state index in [0.29, 0.717) is 6.54 Å². The summed E-state index contributed by atoms with van der Waals surface area (Å²) >= 11 is 1.63. The maximum Gasteiger partial charge on any atom is 0.223 e. The third kappa shape index (κ3) is 3.51. The summed E-state index contributed by atoms with van der Waals surface area (Å²) in [5, 5.41) is 4.11. The summed E-state index contributed by atoms with van der Waals surface area (Å²) < 4.78 is 1.07. The van der Waals surface area contributed by atoms with Crippen molar-refractivity contribution in [1.29, 1.82) is 0 Å². The SMILES string of the molecule is O=C(NCc1cccnc1)C1CCN(c2ncnc3c2sc2ncccc23)CC1. The molecule has 0 bridgehead atoms. The molecule has 0 unspecified atom stereocenters. The van der Waals surface area contributed by atoms with Gasteiger partial charge in [0.15, 0.2) is 0 Å². The van der Waals surface area contributed by atoms with Crippen molar-refractivity contribution >= 4 is 43.5 Å². The van der Waals surface area contributed by atoms with E-state index in [4.69, 9.17) is 0 Å². The first kappa shape index (κ1) is 17.9. The van der Waals surface area contributed by atoms with Crippen LogP contribution >= 0.6 is 11.3 Å². The van der Waals surface area contributed by atoms with Gasteiger partial charge in [-0.3, -0.25) is 9.78 Å². The third-order valence-electron chi connectivity index (χ3n) is 5.36. The number of aromatic nitrogens is 4. The number of rotatable bonds is 4. The molecular formula is C21H20N6OS. The van der Waals surface area contributed by atoms with E-state index >= 15 is 0 Å². The van der Waals surface area contributed by atoms with Crippen molar-refractivity contribution < 1.29 is 4.79 Å². The van der Waals surface area contributed by atoms with E-state index in [-0.39, 0.29) is 11.8 Å². The highest BCUT2D eigenvalue weighted by molar-refractivity contribution is 7.25. The molecule has 29 heavy (non-hydrogen) atoms. The first-order valence-electron chi connectivity index (χ1n) is 9.69. The molecule has 146 valence electrons. The Balaban J connectivity index is 1.28.